The lowest BCUT2D eigenvalue weighted by atomic mass is 9.94. The van der Waals surface area contributed by atoms with E-state index in [4.69, 9.17) is 9.47 Å². The van der Waals surface area contributed by atoms with Gasteiger partial charge in [-0.3, -0.25) is 4.79 Å². The monoisotopic (exact) mass is 595 g/mol. The van der Waals surface area contributed by atoms with Crippen molar-refractivity contribution in [1.82, 2.24) is 13.9 Å². The molecule has 0 N–H and O–H groups in total. The van der Waals surface area contributed by atoms with Gasteiger partial charge in [0, 0.05) is 45.6 Å². The Kier molecular flexibility index (Phi) is 7.29. The number of nitrogens with zero attached hydrogens (tertiary/aromatic N) is 3. The highest BCUT2D eigenvalue weighted by molar-refractivity contribution is 14.1. The predicted octanol–water partition coefficient (Wildman–Crippen LogP) is 3.96. The molecule has 0 aliphatic carbocycles. The fourth-order valence-electron chi connectivity index (χ4n) is 3.81. The number of carbonyl (C=O) groups is 1. The number of fused-ring (bicyclic) bond motifs is 1. The molecule has 1 aromatic carbocycles. The van der Waals surface area contributed by atoms with Crippen LogP contribution in [0, 0.1) is 16.5 Å². The maximum atomic E-state index is 13.4. The molecular weight excluding hydrogens is 569 g/mol. The predicted molar refractivity (Wildman–Crippen MR) is 137 cm³/mol. The number of ether oxygens (including phenoxy) is 2. The van der Waals surface area contributed by atoms with E-state index in [2.05, 4.69) is 4.98 Å². The first-order valence-electron chi connectivity index (χ1n) is 10.8. The highest BCUT2D eigenvalue weighted by Crippen LogP contribution is 2.33. The van der Waals surface area contributed by atoms with Crippen LogP contribution in [0.3, 0.4) is 0 Å². The molecule has 0 amide bonds. The third-order valence-electron chi connectivity index (χ3n) is 5.57. The maximum absolute atomic E-state index is 13.4. The van der Waals surface area contributed by atoms with Crippen LogP contribution in [0.1, 0.15) is 18.4 Å². The number of rotatable bonds is 7. The second-order valence-corrected chi connectivity index (χ2v) is 11.3. The Balaban J connectivity index is 1.75. The number of Topliss-reactive ketones (excluding diaryl/α,β-unsaturated/α-hetero) is 1. The van der Waals surface area contributed by atoms with Crippen LogP contribution in [0.2, 0.25) is 0 Å². The van der Waals surface area contributed by atoms with E-state index in [1.807, 2.05) is 43.6 Å². The van der Waals surface area contributed by atoms with Gasteiger partial charge >= 0.3 is 0 Å². The highest BCUT2D eigenvalue weighted by Gasteiger charge is 2.28. The largest absolute Gasteiger partial charge is 0.451 e. The van der Waals surface area contributed by atoms with E-state index in [-0.39, 0.29) is 28.0 Å². The fourth-order valence-corrected chi connectivity index (χ4v) is 6.47. The van der Waals surface area contributed by atoms with Gasteiger partial charge in [0.25, 0.3) is 10.0 Å². The van der Waals surface area contributed by atoms with Crippen LogP contribution in [-0.2, 0) is 19.6 Å². The van der Waals surface area contributed by atoms with Gasteiger partial charge in [-0.15, -0.1) is 0 Å². The topological polar surface area (TPSA) is 90.7 Å². The lowest BCUT2D eigenvalue weighted by Crippen LogP contribution is -2.27. The summed E-state index contributed by atoms with van der Waals surface area (Å²) in [6.45, 7) is 2.99. The number of hydrogen-bond acceptors (Lipinski definition) is 7. The summed E-state index contributed by atoms with van der Waals surface area (Å²) in [7, 11) is -0.248. The van der Waals surface area contributed by atoms with Crippen LogP contribution >= 0.6 is 22.6 Å². The molecule has 0 unspecified atom stereocenters. The first-order chi connectivity index (χ1) is 16.2. The highest BCUT2D eigenvalue weighted by atomic mass is 127. The average Bonchev–Trinajstić information content (AvgIpc) is 3.16. The van der Waals surface area contributed by atoms with Crippen LogP contribution in [0.25, 0.3) is 11.0 Å². The lowest BCUT2D eigenvalue weighted by molar-refractivity contribution is -0.124. The Labute approximate surface area is 212 Å². The molecule has 1 aliphatic rings. The minimum atomic E-state index is -3.88. The van der Waals surface area contributed by atoms with E-state index in [1.165, 1.54) is 10.2 Å². The molecule has 1 aliphatic heterocycles. The standard InChI is InChI=1S/C24H26IN3O5S/c1-16-4-6-18(7-5-16)34(30,31)28-22(25)14-19-20(8-11-26-24(19)28)33-21(15-27(2)3)23(29)17-9-12-32-13-10-17/h4-8,11,14-15,17H,9-10,12-13H2,1-3H3. The van der Waals surface area contributed by atoms with E-state index >= 15 is 0 Å². The second kappa shape index (κ2) is 10.0. The number of hydrogen-bond donors (Lipinski definition) is 0. The van der Waals surface area contributed by atoms with Gasteiger partial charge < -0.3 is 14.4 Å². The van der Waals surface area contributed by atoms with Crippen molar-refractivity contribution in [3.05, 3.63) is 63.8 Å². The number of pyridine rings is 1. The van der Waals surface area contributed by atoms with Crippen LogP contribution < -0.4 is 4.74 Å². The van der Waals surface area contributed by atoms with E-state index < -0.39 is 10.0 Å². The van der Waals surface area contributed by atoms with E-state index in [0.29, 0.717) is 40.9 Å². The third kappa shape index (κ3) is 4.98. The van der Waals surface area contributed by atoms with E-state index in [0.717, 1.165) is 5.56 Å². The summed E-state index contributed by atoms with van der Waals surface area (Å²) in [5.41, 5.74) is 1.21. The minimum Gasteiger partial charge on any atom is -0.451 e. The Bertz CT molecular complexity index is 1340. The Morgan fingerprint density at radius 3 is 2.53 bits per heavy atom. The number of carbonyl (C=O) groups excluding carboxylic acids is 1. The molecule has 2 aromatic heterocycles. The summed E-state index contributed by atoms with van der Waals surface area (Å²) in [5.74, 6) is 0.301. The van der Waals surface area contributed by atoms with E-state index in [1.54, 1.807) is 47.5 Å². The number of aromatic nitrogens is 2. The first kappa shape index (κ1) is 24.7. The normalized spacial score (nSPS) is 15.5. The molecule has 3 heterocycles. The summed E-state index contributed by atoms with van der Waals surface area (Å²) in [6.07, 6.45) is 4.42. The van der Waals surface area contributed by atoms with Crippen LogP contribution in [0.4, 0.5) is 0 Å². The van der Waals surface area contributed by atoms with Crippen molar-refractivity contribution in [3.63, 3.8) is 0 Å². The number of ketones is 1. The number of aryl methyl sites for hydroxylation is 1. The Hall–Kier alpha value is -2.44. The molecular formula is C24H26IN3O5S. The van der Waals surface area contributed by atoms with Crippen LogP contribution in [-0.4, -0.2) is 55.4 Å². The SMILES string of the molecule is Cc1ccc(S(=O)(=O)n2c(I)cc3c(OC(=CN(C)C)C(=O)C4CCOCC4)ccnc32)cc1. The van der Waals surface area contributed by atoms with Gasteiger partial charge in [-0.05, 0) is 66.6 Å². The van der Waals surface area contributed by atoms with Gasteiger partial charge in [-0.1, -0.05) is 17.7 Å². The van der Waals surface area contributed by atoms with E-state index in [9.17, 15) is 13.2 Å². The molecule has 10 heteroatoms. The fraction of sp³-hybridized carbons (Fsp3) is 0.333. The lowest BCUT2D eigenvalue weighted by Gasteiger charge is -2.22. The summed E-state index contributed by atoms with van der Waals surface area (Å²) >= 11 is 1.98. The number of halogens is 1. The van der Waals surface area contributed by atoms with Gasteiger partial charge in [-0.2, -0.15) is 0 Å². The van der Waals surface area contributed by atoms with Crippen LogP contribution in [0.5, 0.6) is 5.75 Å². The molecule has 0 bridgehead atoms. The Morgan fingerprint density at radius 2 is 1.88 bits per heavy atom. The quantitative estimate of drug-likeness (QED) is 0.232. The summed E-state index contributed by atoms with van der Waals surface area (Å²) in [6, 6.07) is 10.0. The number of allylic oxidation sites excluding steroid dienone is 1. The van der Waals surface area contributed by atoms with Crippen molar-refractivity contribution in [2.45, 2.75) is 24.7 Å². The maximum Gasteiger partial charge on any atom is 0.270 e. The van der Waals surface area contributed by atoms with Crippen molar-refractivity contribution >= 4 is 49.4 Å². The minimum absolute atomic E-state index is 0.0941. The number of benzene rings is 1. The summed E-state index contributed by atoms with van der Waals surface area (Å²) in [4.78, 5) is 19.5. The van der Waals surface area contributed by atoms with Crippen molar-refractivity contribution in [2.24, 2.45) is 5.92 Å². The van der Waals surface area contributed by atoms with Gasteiger partial charge in [-0.25, -0.2) is 17.4 Å². The molecule has 0 spiro atoms. The first-order valence-corrected chi connectivity index (χ1v) is 13.4. The third-order valence-corrected chi connectivity index (χ3v) is 8.41. The zero-order valence-electron chi connectivity index (χ0n) is 19.2. The van der Waals surface area contributed by atoms with Crippen molar-refractivity contribution in [2.75, 3.05) is 27.3 Å². The molecule has 8 nitrogen and oxygen atoms in total. The molecule has 1 saturated heterocycles. The molecule has 0 radical (unpaired) electrons. The molecule has 4 rings (SSSR count). The average molecular weight is 595 g/mol. The smallest absolute Gasteiger partial charge is 0.270 e. The van der Waals surface area contributed by atoms with Gasteiger partial charge in [0.05, 0.1) is 14.0 Å². The van der Waals surface area contributed by atoms with Crippen molar-refractivity contribution in [3.8, 4) is 5.75 Å². The molecule has 1 fully saturated rings. The second-order valence-electron chi connectivity index (χ2n) is 8.41. The zero-order valence-corrected chi connectivity index (χ0v) is 22.2. The van der Waals surface area contributed by atoms with Crippen molar-refractivity contribution < 1.29 is 22.7 Å². The van der Waals surface area contributed by atoms with Crippen molar-refractivity contribution in [1.29, 1.82) is 0 Å². The molecule has 0 saturated carbocycles. The Morgan fingerprint density at radius 1 is 1.21 bits per heavy atom. The van der Waals surface area contributed by atoms with Gasteiger partial charge in [0.1, 0.15) is 5.75 Å². The molecule has 180 valence electrons. The van der Waals surface area contributed by atoms with Gasteiger partial charge in [0.15, 0.2) is 11.4 Å². The molecule has 34 heavy (non-hydrogen) atoms. The molecule has 3 aromatic rings. The summed E-state index contributed by atoms with van der Waals surface area (Å²) < 4.78 is 40.0. The van der Waals surface area contributed by atoms with Crippen LogP contribution in [0.15, 0.2) is 59.4 Å². The van der Waals surface area contributed by atoms with Gasteiger partial charge in [0.2, 0.25) is 5.78 Å². The zero-order chi connectivity index (χ0) is 24.5. The molecule has 0 atom stereocenters. The summed E-state index contributed by atoms with van der Waals surface area (Å²) in [5, 5.41) is 0.507.